The SMILES string of the molecule is COc1ccc(-c2cn(-c3ccc(Cl)cc3)c(SCC(=O)c3ccc(Br)cc3)n2)cc1. The van der Waals surface area contributed by atoms with Crippen LogP contribution in [0.2, 0.25) is 5.02 Å². The topological polar surface area (TPSA) is 44.1 Å². The van der Waals surface area contributed by atoms with E-state index in [0.717, 1.165) is 32.3 Å². The lowest BCUT2D eigenvalue weighted by atomic mass is 10.1. The van der Waals surface area contributed by atoms with Crippen LogP contribution < -0.4 is 4.74 Å². The molecule has 0 amide bonds. The number of carbonyl (C=O) groups excluding carboxylic acids is 1. The molecule has 0 N–H and O–H groups in total. The number of imidazole rings is 1. The van der Waals surface area contributed by atoms with Gasteiger partial charge in [-0.1, -0.05) is 51.4 Å². The van der Waals surface area contributed by atoms with E-state index >= 15 is 0 Å². The lowest BCUT2D eigenvalue weighted by Gasteiger charge is -2.07. The zero-order chi connectivity index (χ0) is 21.8. The third-order valence-corrected chi connectivity index (χ3v) is 6.40. The van der Waals surface area contributed by atoms with E-state index < -0.39 is 0 Å². The Bertz CT molecular complexity index is 1190. The predicted octanol–water partition coefficient (Wildman–Crippen LogP) is 6.94. The summed E-state index contributed by atoms with van der Waals surface area (Å²) < 4.78 is 8.17. The van der Waals surface area contributed by atoms with Gasteiger partial charge in [0.1, 0.15) is 5.75 Å². The van der Waals surface area contributed by atoms with Gasteiger partial charge in [-0.15, -0.1) is 0 Å². The first-order valence-corrected chi connectivity index (χ1v) is 11.6. The van der Waals surface area contributed by atoms with Gasteiger partial charge in [0.2, 0.25) is 0 Å². The average Bonchev–Trinajstić information content (AvgIpc) is 3.22. The zero-order valence-electron chi connectivity index (χ0n) is 16.6. The molecule has 156 valence electrons. The van der Waals surface area contributed by atoms with Gasteiger partial charge < -0.3 is 4.74 Å². The van der Waals surface area contributed by atoms with Gasteiger partial charge in [-0.25, -0.2) is 4.98 Å². The molecular formula is C24H18BrClN2O2S. The molecule has 0 atom stereocenters. The first-order chi connectivity index (χ1) is 15.0. The predicted molar refractivity (Wildman–Crippen MR) is 130 cm³/mol. The Morgan fingerprint density at radius 2 is 1.71 bits per heavy atom. The number of Topliss-reactive ketones (excluding diaryl/α,β-unsaturated/α-hetero) is 1. The molecule has 0 saturated heterocycles. The number of nitrogens with zero attached hydrogens (tertiary/aromatic N) is 2. The monoisotopic (exact) mass is 512 g/mol. The van der Waals surface area contributed by atoms with E-state index in [-0.39, 0.29) is 11.5 Å². The molecule has 1 aromatic heterocycles. The number of aromatic nitrogens is 2. The summed E-state index contributed by atoms with van der Waals surface area (Å²) in [6, 6.07) is 22.7. The minimum absolute atomic E-state index is 0.0501. The Hall–Kier alpha value is -2.54. The van der Waals surface area contributed by atoms with E-state index in [1.54, 1.807) is 7.11 Å². The van der Waals surface area contributed by atoms with Crippen molar-refractivity contribution < 1.29 is 9.53 Å². The highest BCUT2D eigenvalue weighted by Crippen LogP contribution is 2.29. The molecule has 4 rings (SSSR count). The van der Waals surface area contributed by atoms with Gasteiger partial charge in [0.25, 0.3) is 0 Å². The highest BCUT2D eigenvalue weighted by molar-refractivity contribution is 9.10. The maximum Gasteiger partial charge on any atom is 0.173 e. The number of carbonyl (C=O) groups is 1. The molecule has 7 heteroatoms. The summed E-state index contributed by atoms with van der Waals surface area (Å²) in [6.07, 6.45) is 1.97. The summed E-state index contributed by atoms with van der Waals surface area (Å²) >= 11 is 10.9. The Kier molecular flexibility index (Phi) is 6.80. The fraction of sp³-hybridized carbons (Fsp3) is 0.0833. The Balaban J connectivity index is 1.63. The summed E-state index contributed by atoms with van der Waals surface area (Å²) in [7, 11) is 1.64. The van der Waals surface area contributed by atoms with Crippen LogP contribution in [0.15, 0.2) is 88.6 Å². The molecule has 0 aliphatic rings. The van der Waals surface area contributed by atoms with Crippen molar-refractivity contribution in [2.45, 2.75) is 5.16 Å². The van der Waals surface area contributed by atoms with Crippen LogP contribution in [0.5, 0.6) is 5.75 Å². The number of benzene rings is 3. The fourth-order valence-corrected chi connectivity index (χ4v) is 4.28. The van der Waals surface area contributed by atoms with Crippen molar-refractivity contribution in [1.29, 1.82) is 0 Å². The maximum absolute atomic E-state index is 12.7. The molecule has 1 heterocycles. The van der Waals surface area contributed by atoms with E-state index in [1.807, 2.05) is 83.6 Å². The largest absolute Gasteiger partial charge is 0.497 e. The number of halogens is 2. The molecule has 3 aromatic carbocycles. The lowest BCUT2D eigenvalue weighted by molar-refractivity contribution is 0.102. The fourth-order valence-electron chi connectivity index (χ4n) is 3.00. The number of methoxy groups -OCH3 is 1. The highest BCUT2D eigenvalue weighted by atomic mass is 79.9. The van der Waals surface area contributed by atoms with Gasteiger partial charge >= 0.3 is 0 Å². The smallest absolute Gasteiger partial charge is 0.173 e. The van der Waals surface area contributed by atoms with Crippen molar-refractivity contribution >= 4 is 45.1 Å². The van der Waals surface area contributed by atoms with Gasteiger partial charge in [0, 0.05) is 32.5 Å². The van der Waals surface area contributed by atoms with Crippen LogP contribution in [0.25, 0.3) is 16.9 Å². The third-order valence-electron chi connectivity index (χ3n) is 4.66. The van der Waals surface area contributed by atoms with Crippen LogP contribution >= 0.6 is 39.3 Å². The normalized spacial score (nSPS) is 10.8. The van der Waals surface area contributed by atoms with Crippen molar-refractivity contribution in [3.63, 3.8) is 0 Å². The minimum Gasteiger partial charge on any atom is -0.497 e. The second kappa shape index (κ2) is 9.73. The van der Waals surface area contributed by atoms with Crippen LogP contribution in [-0.4, -0.2) is 28.2 Å². The van der Waals surface area contributed by atoms with Crippen molar-refractivity contribution in [1.82, 2.24) is 9.55 Å². The maximum atomic E-state index is 12.7. The number of hydrogen-bond donors (Lipinski definition) is 0. The van der Waals surface area contributed by atoms with Crippen molar-refractivity contribution in [2.75, 3.05) is 12.9 Å². The molecule has 0 saturated carbocycles. The second-order valence-electron chi connectivity index (χ2n) is 6.70. The van der Waals surface area contributed by atoms with Gasteiger partial charge in [-0.05, 0) is 60.7 Å². The molecule has 0 radical (unpaired) electrons. The van der Waals surface area contributed by atoms with Gasteiger partial charge in [-0.3, -0.25) is 9.36 Å². The Morgan fingerprint density at radius 1 is 1.03 bits per heavy atom. The molecule has 0 bridgehead atoms. The summed E-state index contributed by atoms with van der Waals surface area (Å²) in [5.74, 6) is 1.12. The highest BCUT2D eigenvalue weighted by Gasteiger charge is 2.15. The molecule has 0 spiro atoms. The summed E-state index contributed by atoms with van der Waals surface area (Å²) in [6.45, 7) is 0. The number of hydrogen-bond acceptors (Lipinski definition) is 4. The lowest BCUT2D eigenvalue weighted by Crippen LogP contribution is -2.04. The number of rotatable bonds is 7. The first kappa shape index (κ1) is 21.7. The molecule has 0 fully saturated rings. The first-order valence-electron chi connectivity index (χ1n) is 9.45. The van der Waals surface area contributed by atoms with E-state index in [1.165, 1.54) is 11.8 Å². The number of ether oxygens (including phenoxy) is 1. The molecule has 31 heavy (non-hydrogen) atoms. The molecule has 0 aliphatic carbocycles. The minimum atomic E-state index is 0.0501. The quantitative estimate of drug-likeness (QED) is 0.198. The van der Waals surface area contributed by atoms with E-state index in [2.05, 4.69) is 15.9 Å². The third kappa shape index (κ3) is 5.21. The van der Waals surface area contributed by atoms with Crippen molar-refractivity contribution in [3.05, 3.63) is 94.1 Å². The number of thioether (sulfide) groups is 1. The van der Waals surface area contributed by atoms with Crippen LogP contribution in [0.1, 0.15) is 10.4 Å². The van der Waals surface area contributed by atoms with Crippen LogP contribution in [-0.2, 0) is 0 Å². The summed E-state index contributed by atoms with van der Waals surface area (Å²) in [5.41, 5.74) is 3.39. The zero-order valence-corrected chi connectivity index (χ0v) is 19.7. The van der Waals surface area contributed by atoms with Gasteiger partial charge in [-0.2, -0.15) is 0 Å². The average molecular weight is 514 g/mol. The second-order valence-corrected chi connectivity index (χ2v) is 9.00. The summed E-state index contributed by atoms with van der Waals surface area (Å²) in [4.78, 5) is 17.5. The molecule has 0 unspecified atom stereocenters. The van der Waals surface area contributed by atoms with Crippen LogP contribution in [0.3, 0.4) is 0 Å². The van der Waals surface area contributed by atoms with Crippen LogP contribution in [0.4, 0.5) is 0 Å². The molecule has 4 nitrogen and oxygen atoms in total. The van der Waals surface area contributed by atoms with Crippen molar-refractivity contribution in [3.8, 4) is 22.7 Å². The summed E-state index contributed by atoms with van der Waals surface area (Å²) in [5, 5.41) is 1.40. The molecular weight excluding hydrogens is 496 g/mol. The van der Waals surface area contributed by atoms with E-state index in [0.29, 0.717) is 10.6 Å². The standard InChI is InChI=1S/C24H18BrClN2O2S/c1-30-21-12-4-16(5-13-21)22-14-28(20-10-8-19(26)9-11-20)24(27-22)31-15-23(29)17-2-6-18(25)7-3-17/h2-14H,15H2,1H3. The van der Waals surface area contributed by atoms with Crippen molar-refractivity contribution in [2.24, 2.45) is 0 Å². The molecule has 0 aliphatic heterocycles. The van der Waals surface area contributed by atoms with E-state index in [9.17, 15) is 4.79 Å². The Morgan fingerprint density at radius 3 is 2.35 bits per heavy atom. The van der Waals surface area contributed by atoms with Crippen LogP contribution in [0, 0.1) is 0 Å². The van der Waals surface area contributed by atoms with E-state index in [4.69, 9.17) is 21.3 Å². The van der Waals surface area contributed by atoms with Gasteiger partial charge in [0.05, 0.1) is 18.6 Å². The Labute approximate surface area is 198 Å². The number of ketones is 1. The van der Waals surface area contributed by atoms with Gasteiger partial charge in [0.15, 0.2) is 10.9 Å². The molecule has 4 aromatic rings.